The highest BCUT2D eigenvalue weighted by Crippen LogP contribution is 2.44. The van der Waals surface area contributed by atoms with E-state index in [4.69, 9.17) is 4.74 Å². The standard InChI is InChI=1S/C33H33N3O7/c1-20-31(39)36(29(32(40)41)18-21-13-15-22(37)16-14-21)17-7-6-12-28(30(38)34-20)35-33(42)43-19-27-25-10-4-2-8-23(25)24-9-3-5-11-26(24)27/h2-11,13-16,20,27-29,37H,12,17-19H2,1H3,(H,34,38)(H,35,42)(H,40,41)/b7-6-/t20-,28-,29-/m0/s1. The lowest BCUT2D eigenvalue weighted by atomic mass is 9.98. The van der Waals surface area contributed by atoms with Crippen LogP contribution >= 0.6 is 0 Å². The van der Waals surface area contributed by atoms with E-state index in [0.717, 1.165) is 22.3 Å². The van der Waals surface area contributed by atoms with Crippen molar-refractivity contribution in [2.24, 2.45) is 0 Å². The number of phenols is 1. The second-order valence-electron chi connectivity index (χ2n) is 10.7. The molecule has 4 N–H and O–H groups in total. The number of nitrogens with zero attached hydrogens (tertiary/aromatic N) is 1. The molecule has 222 valence electrons. The molecule has 10 nitrogen and oxygen atoms in total. The van der Waals surface area contributed by atoms with Crippen LogP contribution in [0, 0.1) is 0 Å². The monoisotopic (exact) mass is 583 g/mol. The average molecular weight is 584 g/mol. The number of hydrogen-bond donors (Lipinski definition) is 4. The zero-order chi connectivity index (χ0) is 30.5. The molecule has 0 spiro atoms. The molecule has 10 heteroatoms. The Balaban J connectivity index is 1.24. The quantitative estimate of drug-likeness (QED) is 0.311. The molecule has 3 amide bonds. The number of ether oxygens (including phenoxy) is 1. The summed E-state index contributed by atoms with van der Waals surface area (Å²) in [5.74, 6) is -2.45. The summed E-state index contributed by atoms with van der Waals surface area (Å²) in [6.07, 6.45) is 2.61. The van der Waals surface area contributed by atoms with Crippen LogP contribution in [0.4, 0.5) is 4.79 Å². The molecular weight excluding hydrogens is 550 g/mol. The van der Waals surface area contributed by atoms with Crippen molar-refractivity contribution in [2.75, 3.05) is 13.2 Å². The Kier molecular flexibility index (Phi) is 8.75. The fraction of sp³-hybridized carbons (Fsp3) is 0.273. The Morgan fingerprint density at radius 2 is 1.60 bits per heavy atom. The van der Waals surface area contributed by atoms with Gasteiger partial charge in [0.15, 0.2) is 0 Å². The number of nitrogens with one attached hydrogen (secondary N) is 2. The maximum Gasteiger partial charge on any atom is 0.407 e. The molecule has 3 atom stereocenters. The van der Waals surface area contributed by atoms with Crippen LogP contribution < -0.4 is 10.6 Å². The summed E-state index contributed by atoms with van der Waals surface area (Å²) in [4.78, 5) is 52.7. The summed E-state index contributed by atoms with van der Waals surface area (Å²) >= 11 is 0. The van der Waals surface area contributed by atoms with Crippen LogP contribution in [0.1, 0.15) is 36.0 Å². The highest BCUT2D eigenvalue weighted by molar-refractivity contribution is 5.93. The molecule has 0 saturated heterocycles. The molecule has 0 saturated carbocycles. The average Bonchev–Trinajstić information content (AvgIpc) is 3.32. The first-order valence-corrected chi connectivity index (χ1v) is 14.1. The highest BCUT2D eigenvalue weighted by Gasteiger charge is 2.34. The molecule has 1 aliphatic carbocycles. The summed E-state index contributed by atoms with van der Waals surface area (Å²) in [5.41, 5.74) is 4.97. The first-order valence-electron chi connectivity index (χ1n) is 14.1. The van der Waals surface area contributed by atoms with E-state index in [-0.39, 0.29) is 37.7 Å². The summed E-state index contributed by atoms with van der Waals surface area (Å²) in [7, 11) is 0. The number of hydrogen-bond acceptors (Lipinski definition) is 6. The normalized spacial score (nSPS) is 19.9. The van der Waals surface area contributed by atoms with Crippen LogP contribution in [0.25, 0.3) is 11.1 Å². The summed E-state index contributed by atoms with van der Waals surface area (Å²) in [6.45, 7) is 1.56. The van der Waals surface area contributed by atoms with E-state index in [1.165, 1.54) is 24.0 Å². The van der Waals surface area contributed by atoms with Gasteiger partial charge in [-0.25, -0.2) is 9.59 Å². The first kappa shape index (κ1) is 29.4. The number of carboxylic acid groups (broad SMARTS) is 1. The van der Waals surface area contributed by atoms with Crippen molar-refractivity contribution in [3.8, 4) is 16.9 Å². The van der Waals surface area contributed by atoms with Gasteiger partial charge in [0, 0.05) is 18.9 Å². The summed E-state index contributed by atoms with van der Waals surface area (Å²) in [5, 5.41) is 24.7. The molecule has 3 aromatic rings. The second kappa shape index (κ2) is 12.8. The van der Waals surface area contributed by atoms with Crippen molar-refractivity contribution in [3.05, 3.63) is 102 Å². The highest BCUT2D eigenvalue weighted by atomic mass is 16.5. The number of amides is 3. The van der Waals surface area contributed by atoms with Gasteiger partial charge in [-0.3, -0.25) is 9.59 Å². The number of carboxylic acids is 1. The number of benzene rings is 3. The molecule has 0 aromatic heterocycles. The minimum absolute atomic E-state index is 0.00818. The Labute approximate surface area is 249 Å². The van der Waals surface area contributed by atoms with E-state index >= 15 is 0 Å². The third-order valence-corrected chi connectivity index (χ3v) is 7.83. The summed E-state index contributed by atoms with van der Waals surface area (Å²) in [6, 6.07) is 18.8. The van der Waals surface area contributed by atoms with E-state index in [1.807, 2.05) is 48.5 Å². The van der Waals surface area contributed by atoms with Gasteiger partial charge in [-0.1, -0.05) is 72.8 Å². The SMILES string of the molecule is C[C@@H]1NC(=O)[C@@H](NC(=O)OCC2c3ccccc3-c3ccccc32)C/C=C\CN([C@@H](Cc2ccc(O)cc2)C(=O)O)C1=O. The zero-order valence-corrected chi connectivity index (χ0v) is 23.6. The fourth-order valence-electron chi connectivity index (χ4n) is 5.62. The molecule has 5 rings (SSSR count). The van der Waals surface area contributed by atoms with Crippen molar-refractivity contribution < 1.29 is 34.1 Å². The molecular formula is C33H33N3O7. The Hall–Kier alpha value is -5.12. The lowest BCUT2D eigenvalue weighted by Gasteiger charge is -2.32. The van der Waals surface area contributed by atoms with Gasteiger partial charge in [0.2, 0.25) is 11.8 Å². The minimum atomic E-state index is -1.20. The third-order valence-electron chi connectivity index (χ3n) is 7.83. The largest absolute Gasteiger partial charge is 0.508 e. The molecule has 2 aliphatic rings. The zero-order valence-electron chi connectivity index (χ0n) is 23.6. The molecule has 3 aromatic carbocycles. The lowest BCUT2D eigenvalue weighted by Crippen LogP contribution is -2.57. The Morgan fingerprint density at radius 1 is 0.977 bits per heavy atom. The van der Waals surface area contributed by atoms with Gasteiger partial charge < -0.3 is 30.5 Å². The van der Waals surface area contributed by atoms with E-state index in [0.29, 0.717) is 5.56 Å². The number of carbonyl (C=O) groups is 4. The van der Waals surface area contributed by atoms with Crippen LogP contribution in [0.15, 0.2) is 84.9 Å². The van der Waals surface area contributed by atoms with Gasteiger partial charge in [-0.2, -0.15) is 0 Å². The predicted octanol–water partition coefficient (Wildman–Crippen LogP) is 3.59. The van der Waals surface area contributed by atoms with E-state index in [1.54, 1.807) is 24.3 Å². The Bertz CT molecular complexity index is 1510. The number of phenolic OH excluding ortho intramolecular Hbond substituents is 1. The Morgan fingerprint density at radius 3 is 2.23 bits per heavy atom. The van der Waals surface area contributed by atoms with Gasteiger partial charge >= 0.3 is 12.1 Å². The van der Waals surface area contributed by atoms with Crippen LogP contribution in [0.2, 0.25) is 0 Å². The number of aliphatic carboxylic acids is 1. The van der Waals surface area contributed by atoms with Crippen molar-refractivity contribution in [1.82, 2.24) is 15.5 Å². The fourth-order valence-corrected chi connectivity index (χ4v) is 5.62. The maximum atomic E-state index is 13.3. The van der Waals surface area contributed by atoms with Crippen molar-refractivity contribution in [1.29, 1.82) is 0 Å². The molecule has 0 radical (unpaired) electrons. The van der Waals surface area contributed by atoms with Gasteiger partial charge in [0.25, 0.3) is 0 Å². The summed E-state index contributed by atoms with van der Waals surface area (Å²) < 4.78 is 5.60. The molecule has 0 fully saturated rings. The van der Waals surface area contributed by atoms with Crippen LogP contribution in [-0.4, -0.2) is 70.3 Å². The number of alkyl carbamates (subject to hydrolysis) is 1. The van der Waals surface area contributed by atoms with E-state index < -0.39 is 42.0 Å². The van der Waals surface area contributed by atoms with E-state index in [2.05, 4.69) is 10.6 Å². The molecule has 0 unspecified atom stereocenters. The van der Waals surface area contributed by atoms with Gasteiger partial charge in [-0.05, 0) is 53.3 Å². The van der Waals surface area contributed by atoms with Crippen molar-refractivity contribution >= 4 is 23.9 Å². The number of fused-ring (bicyclic) bond motifs is 3. The first-order chi connectivity index (χ1) is 20.7. The van der Waals surface area contributed by atoms with Gasteiger partial charge in [0.05, 0.1) is 0 Å². The minimum Gasteiger partial charge on any atom is -0.508 e. The lowest BCUT2D eigenvalue weighted by molar-refractivity contribution is -0.150. The molecule has 43 heavy (non-hydrogen) atoms. The number of aromatic hydroxyl groups is 1. The van der Waals surface area contributed by atoms with E-state index in [9.17, 15) is 29.4 Å². The second-order valence-corrected chi connectivity index (χ2v) is 10.7. The topological polar surface area (TPSA) is 145 Å². The number of rotatable bonds is 7. The molecule has 1 heterocycles. The van der Waals surface area contributed by atoms with Crippen molar-refractivity contribution in [2.45, 2.75) is 43.8 Å². The van der Waals surface area contributed by atoms with Crippen LogP contribution in [0.5, 0.6) is 5.75 Å². The molecule has 0 bridgehead atoms. The van der Waals surface area contributed by atoms with Gasteiger partial charge in [0.1, 0.15) is 30.5 Å². The smallest absolute Gasteiger partial charge is 0.407 e. The van der Waals surface area contributed by atoms with Crippen LogP contribution in [-0.2, 0) is 25.5 Å². The number of carbonyl (C=O) groups excluding carboxylic acids is 3. The predicted molar refractivity (Wildman–Crippen MR) is 158 cm³/mol. The maximum absolute atomic E-state index is 13.3. The van der Waals surface area contributed by atoms with Crippen molar-refractivity contribution in [3.63, 3.8) is 0 Å². The van der Waals surface area contributed by atoms with Crippen LogP contribution in [0.3, 0.4) is 0 Å². The third kappa shape index (κ3) is 6.53. The molecule has 1 aliphatic heterocycles. The van der Waals surface area contributed by atoms with Gasteiger partial charge in [-0.15, -0.1) is 0 Å².